The molecule has 8 heteroatoms. The van der Waals surface area contributed by atoms with Crippen LogP contribution in [-0.4, -0.2) is 69.2 Å². The summed E-state index contributed by atoms with van der Waals surface area (Å²) in [6.45, 7) is 7.60. The van der Waals surface area contributed by atoms with Gasteiger partial charge in [0, 0.05) is 32.4 Å². The second-order valence-corrected chi connectivity index (χ2v) is 7.96. The Morgan fingerprint density at radius 3 is 2.44 bits per heavy atom. The van der Waals surface area contributed by atoms with E-state index in [4.69, 9.17) is 11.6 Å². The lowest BCUT2D eigenvalue weighted by Crippen LogP contribution is -2.58. The van der Waals surface area contributed by atoms with Crippen molar-refractivity contribution in [1.29, 1.82) is 0 Å². The van der Waals surface area contributed by atoms with Gasteiger partial charge in [0.1, 0.15) is 11.2 Å². The lowest BCUT2D eigenvalue weighted by atomic mass is 9.85. The lowest BCUT2D eigenvalue weighted by molar-refractivity contribution is -0.135. The zero-order chi connectivity index (χ0) is 19.8. The van der Waals surface area contributed by atoms with Crippen LogP contribution in [0.15, 0.2) is 18.3 Å². The summed E-state index contributed by atoms with van der Waals surface area (Å²) in [4.78, 5) is 47.3. The third kappa shape index (κ3) is 3.40. The minimum absolute atomic E-state index is 0.132. The quantitative estimate of drug-likeness (QED) is 0.738. The van der Waals surface area contributed by atoms with Gasteiger partial charge in [0.05, 0.1) is 5.02 Å². The number of carbonyl (C=O) groups excluding carboxylic acids is 3. The Kier molecular flexibility index (Phi) is 5.42. The topological polar surface area (TPSA) is 73.8 Å². The van der Waals surface area contributed by atoms with Gasteiger partial charge in [-0.05, 0) is 37.8 Å². The number of nitrogens with zero attached hydrogens (tertiary/aromatic N) is 4. The predicted molar refractivity (Wildman–Crippen MR) is 101 cm³/mol. The Bertz CT molecular complexity index is 742. The molecule has 1 aromatic heterocycles. The summed E-state index contributed by atoms with van der Waals surface area (Å²) in [6.07, 6.45) is 2.34. The number of likely N-dealkylation sites (tertiary alicyclic amines) is 1. The average molecular weight is 393 g/mol. The zero-order valence-electron chi connectivity index (χ0n) is 15.9. The van der Waals surface area contributed by atoms with Crippen molar-refractivity contribution in [3.8, 4) is 0 Å². The van der Waals surface area contributed by atoms with Gasteiger partial charge in [-0.2, -0.15) is 0 Å². The van der Waals surface area contributed by atoms with Gasteiger partial charge in [0.15, 0.2) is 0 Å². The summed E-state index contributed by atoms with van der Waals surface area (Å²) in [7, 11) is 0. The highest BCUT2D eigenvalue weighted by Gasteiger charge is 2.57. The SMILES string of the molecule is CCN1C(=O)N(CC(C)C)C2(CCN(C(=O)c3ccc(Cl)cn3)CC2)C1=O. The number of carbonyl (C=O) groups is 3. The number of piperidine rings is 1. The molecule has 0 aliphatic carbocycles. The van der Waals surface area contributed by atoms with Gasteiger partial charge in [-0.25, -0.2) is 9.78 Å². The van der Waals surface area contributed by atoms with E-state index in [9.17, 15) is 14.4 Å². The molecule has 0 bridgehead atoms. The zero-order valence-corrected chi connectivity index (χ0v) is 16.7. The number of urea groups is 1. The molecule has 0 aromatic carbocycles. The number of aromatic nitrogens is 1. The fraction of sp³-hybridized carbons (Fsp3) is 0.579. The number of pyridine rings is 1. The summed E-state index contributed by atoms with van der Waals surface area (Å²) in [6, 6.07) is 3.02. The van der Waals surface area contributed by atoms with Crippen molar-refractivity contribution in [1.82, 2.24) is 19.7 Å². The van der Waals surface area contributed by atoms with E-state index in [1.165, 1.54) is 11.1 Å². The van der Waals surface area contributed by atoms with Crippen molar-refractivity contribution in [2.75, 3.05) is 26.2 Å². The first-order valence-electron chi connectivity index (χ1n) is 9.34. The molecule has 3 heterocycles. The monoisotopic (exact) mass is 392 g/mol. The Morgan fingerprint density at radius 2 is 1.93 bits per heavy atom. The van der Waals surface area contributed by atoms with Gasteiger partial charge in [0.25, 0.3) is 11.8 Å². The van der Waals surface area contributed by atoms with Crippen molar-refractivity contribution in [2.45, 2.75) is 39.2 Å². The molecule has 27 heavy (non-hydrogen) atoms. The fourth-order valence-corrected chi connectivity index (χ4v) is 4.02. The highest BCUT2D eigenvalue weighted by molar-refractivity contribution is 6.30. The van der Waals surface area contributed by atoms with Gasteiger partial charge >= 0.3 is 6.03 Å². The van der Waals surface area contributed by atoms with Crippen LogP contribution in [0.25, 0.3) is 0 Å². The predicted octanol–water partition coefficient (Wildman–Crippen LogP) is 2.65. The molecule has 0 unspecified atom stereocenters. The average Bonchev–Trinajstić information content (AvgIpc) is 2.83. The van der Waals surface area contributed by atoms with Crippen LogP contribution in [0.2, 0.25) is 5.02 Å². The van der Waals surface area contributed by atoms with Crippen LogP contribution in [0.3, 0.4) is 0 Å². The number of amides is 4. The minimum atomic E-state index is -0.832. The van der Waals surface area contributed by atoms with E-state index in [0.29, 0.717) is 49.7 Å². The smallest absolute Gasteiger partial charge is 0.327 e. The Hall–Kier alpha value is -2.15. The first-order valence-corrected chi connectivity index (χ1v) is 9.72. The molecule has 0 saturated carbocycles. The molecule has 2 aliphatic rings. The summed E-state index contributed by atoms with van der Waals surface area (Å²) < 4.78 is 0. The third-order valence-corrected chi connectivity index (χ3v) is 5.53. The van der Waals surface area contributed by atoms with E-state index in [2.05, 4.69) is 4.98 Å². The first kappa shape index (κ1) is 19.6. The van der Waals surface area contributed by atoms with Crippen molar-refractivity contribution < 1.29 is 14.4 Å². The standard InChI is InChI=1S/C19H25ClN4O3/c1-4-23-17(26)19(24(18(23)27)12-13(2)3)7-9-22(10-8-19)16(25)15-6-5-14(20)11-21-15/h5-6,11,13H,4,7-10,12H2,1-3H3. The highest BCUT2D eigenvalue weighted by Crippen LogP contribution is 2.38. The van der Waals surface area contributed by atoms with Crippen molar-refractivity contribution in [3.63, 3.8) is 0 Å². The maximum atomic E-state index is 13.0. The number of likely N-dealkylation sites (N-methyl/N-ethyl adjacent to an activating group) is 1. The molecule has 0 N–H and O–H groups in total. The van der Waals surface area contributed by atoms with Crippen LogP contribution in [0.4, 0.5) is 4.79 Å². The van der Waals surface area contributed by atoms with E-state index in [1.54, 1.807) is 21.9 Å². The summed E-state index contributed by atoms with van der Waals surface area (Å²) in [5.74, 6) is -0.0539. The second kappa shape index (κ2) is 7.46. The lowest BCUT2D eigenvalue weighted by Gasteiger charge is -2.42. The molecule has 2 saturated heterocycles. The Morgan fingerprint density at radius 1 is 1.26 bits per heavy atom. The largest absolute Gasteiger partial charge is 0.337 e. The second-order valence-electron chi connectivity index (χ2n) is 7.52. The molecule has 7 nitrogen and oxygen atoms in total. The van der Waals surface area contributed by atoms with Crippen molar-refractivity contribution >= 4 is 29.4 Å². The molecule has 1 spiro atoms. The number of imide groups is 1. The number of hydrogen-bond donors (Lipinski definition) is 0. The molecule has 4 amide bonds. The van der Waals surface area contributed by atoms with E-state index < -0.39 is 5.54 Å². The van der Waals surface area contributed by atoms with Crippen molar-refractivity contribution in [3.05, 3.63) is 29.0 Å². The van der Waals surface area contributed by atoms with Gasteiger partial charge in [-0.15, -0.1) is 0 Å². The van der Waals surface area contributed by atoms with Gasteiger partial charge < -0.3 is 9.80 Å². The van der Waals surface area contributed by atoms with Crippen LogP contribution in [0, 0.1) is 5.92 Å². The number of halogens is 1. The summed E-state index contributed by atoms with van der Waals surface area (Å²) in [5, 5.41) is 0.475. The van der Waals surface area contributed by atoms with Crippen LogP contribution < -0.4 is 0 Å². The molecule has 3 rings (SSSR count). The van der Waals surface area contributed by atoms with Crippen LogP contribution in [-0.2, 0) is 4.79 Å². The fourth-order valence-electron chi connectivity index (χ4n) is 3.91. The maximum absolute atomic E-state index is 13.0. The molecular weight excluding hydrogens is 368 g/mol. The summed E-state index contributed by atoms with van der Waals surface area (Å²) >= 11 is 5.83. The minimum Gasteiger partial charge on any atom is -0.337 e. The molecule has 1 aromatic rings. The maximum Gasteiger partial charge on any atom is 0.327 e. The van der Waals surface area contributed by atoms with Gasteiger partial charge in [0.2, 0.25) is 0 Å². The third-order valence-electron chi connectivity index (χ3n) is 5.31. The van der Waals surface area contributed by atoms with E-state index in [1.807, 2.05) is 20.8 Å². The van der Waals surface area contributed by atoms with Crippen LogP contribution in [0.5, 0.6) is 0 Å². The Labute approximate surface area is 164 Å². The normalized spacial score (nSPS) is 19.5. The summed E-state index contributed by atoms with van der Waals surface area (Å²) in [5.41, 5.74) is -0.500. The van der Waals surface area contributed by atoms with Gasteiger partial charge in [-0.3, -0.25) is 14.5 Å². The van der Waals surface area contributed by atoms with Crippen molar-refractivity contribution in [2.24, 2.45) is 5.92 Å². The molecule has 2 aliphatic heterocycles. The molecule has 0 radical (unpaired) electrons. The molecule has 2 fully saturated rings. The number of rotatable bonds is 4. The van der Waals surface area contributed by atoms with E-state index in [-0.39, 0.29) is 23.8 Å². The highest BCUT2D eigenvalue weighted by atomic mass is 35.5. The first-order chi connectivity index (χ1) is 12.8. The number of hydrogen-bond acceptors (Lipinski definition) is 4. The Balaban J connectivity index is 1.78. The molecule has 0 atom stereocenters. The van der Waals surface area contributed by atoms with E-state index >= 15 is 0 Å². The molecular formula is C19H25ClN4O3. The van der Waals surface area contributed by atoms with Crippen LogP contribution >= 0.6 is 11.6 Å². The van der Waals surface area contributed by atoms with Crippen LogP contribution in [0.1, 0.15) is 44.1 Å². The molecule has 146 valence electrons. The van der Waals surface area contributed by atoms with E-state index in [0.717, 1.165) is 0 Å². The van der Waals surface area contributed by atoms with Gasteiger partial charge in [-0.1, -0.05) is 25.4 Å².